The molecule has 2 aromatic rings. The second-order valence-corrected chi connectivity index (χ2v) is 7.08. The number of aliphatic hydroxyl groups is 2. The van der Waals surface area contributed by atoms with E-state index in [1.807, 2.05) is 13.8 Å². The van der Waals surface area contributed by atoms with E-state index in [2.05, 4.69) is 9.97 Å². The third kappa shape index (κ3) is 3.26. The van der Waals surface area contributed by atoms with Crippen molar-refractivity contribution in [2.45, 2.75) is 52.7 Å². The summed E-state index contributed by atoms with van der Waals surface area (Å²) in [6.45, 7) is 3.17. The van der Waals surface area contributed by atoms with Gasteiger partial charge < -0.3 is 19.7 Å². The van der Waals surface area contributed by atoms with Crippen LogP contribution in [0.2, 0.25) is 0 Å². The molecule has 160 valence electrons. The Morgan fingerprint density at radius 3 is 1.40 bits per heavy atom. The van der Waals surface area contributed by atoms with E-state index in [4.69, 9.17) is 9.47 Å². The predicted molar refractivity (Wildman–Crippen MR) is 108 cm³/mol. The lowest BCUT2D eigenvalue weighted by molar-refractivity contribution is 0.0967. The van der Waals surface area contributed by atoms with Crippen LogP contribution in [0.1, 0.15) is 81.0 Å². The van der Waals surface area contributed by atoms with Gasteiger partial charge in [-0.1, -0.05) is 26.7 Å². The lowest BCUT2D eigenvalue weighted by atomic mass is 9.81. The molecule has 0 saturated carbocycles. The fourth-order valence-electron chi connectivity index (χ4n) is 4.07. The largest absolute Gasteiger partial charge is 0.481 e. The number of methoxy groups -OCH3 is 2. The molecule has 0 radical (unpaired) electrons. The third-order valence-electron chi connectivity index (χ3n) is 5.34. The molecule has 1 aliphatic rings. The van der Waals surface area contributed by atoms with Gasteiger partial charge in [-0.15, -0.1) is 0 Å². The fraction of sp³-hybridized carbons (Fsp3) is 0.455. The Morgan fingerprint density at radius 2 is 1.10 bits per heavy atom. The number of aliphatic hydroxyl groups excluding tert-OH is 2. The van der Waals surface area contributed by atoms with Gasteiger partial charge in [0.05, 0.1) is 38.6 Å². The molecule has 1 aliphatic carbocycles. The topological polar surface area (TPSA) is 119 Å². The smallest absolute Gasteiger partial charge is 0.231 e. The molecule has 0 atom stereocenters. The molecule has 0 unspecified atom stereocenters. The van der Waals surface area contributed by atoms with Gasteiger partial charge in [-0.05, 0) is 24.0 Å². The van der Waals surface area contributed by atoms with Crippen molar-refractivity contribution in [2.24, 2.45) is 0 Å². The maximum Gasteiger partial charge on any atom is 0.231 e. The average molecular weight is 414 g/mol. The molecular formula is C22H26N2O6. The highest BCUT2D eigenvalue weighted by Crippen LogP contribution is 2.38. The van der Waals surface area contributed by atoms with E-state index in [-0.39, 0.29) is 53.3 Å². The summed E-state index contributed by atoms with van der Waals surface area (Å²) >= 11 is 0. The van der Waals surface area contributed by atoms with Crippen LogP contribution in [-0.2, 0) is 26.1 Å². The molecule has 0 saturated heterocycles. The van der Waals surface area contributed by atoms with Crippen LogP contribution in [0.25, 0.3) is 0 Å². The zero-order valence-corrected chi connectivity index (χ0v) is 17.7. The molecule has 2 heterocycles. The molecule has 2 aromatic heterocycles. The molecule has 2 N–H and O–H groups in total. The molecule has 0 aliphatic heterocycles. The third-order valence-corrected chi connectivity index (χ3v) is 5.34. The number of fused-ring (bicyclic) bond motifs is 2. The van der Waals surface area contributed by atoms with Crippen molar-refractivity contribution in [3.8, 4) is 11.8 Å². The van der Waals surface area contributed by atoms with Crippen LogP contribution >= 0.6 is 0 Å². The monoisotopic (exact) mass is 414 g/mol. The van der Waals surface area contributed by atoms with E-state index in [1.54, 1.807) is 0 Å². The van der Waals surface area contributed by atoms with E-state index in [1.165, 1.54) is 14.2 Å². The number of rotatable bonds is 8. The van der Waals surface area contributed by atoms with Gasteiger partial charge in [0.25, 0.3) is 0 Å². The Labute approximate surface area is 174 Å². The van der Waals surface area contributed by atoms with Gasteiger partial charge in [0.1, 0.15) is 11.4 Å². The standard InChI is InChI=1S/C22H26N2O6/c1-5-7-11-13(9-25)21(29-3)23-17-15(11)19(27)16-12(8-6-2)14(10-26)22(30-4)24-18(16)20(17)28/h25-26H,5-10H2,1-4H3. The van der Waals surface area contributed by atoms with Crippen molar-refractivity contribution in [1.82, 2.24) is 9.97 Å². The summed E-state index contributed by atoms with van der Waals surface area (Å²) in [5, 5.41) is 19.8. The minimum absolute atomic E-state index is 0.0289. The van der Waals surface area contributed by atoms with Crippen molar-refractivity contribution < 1.29 is 29.3 Å². The van der Waals surface area contributed by atoms with Gasteiger partial charge in [-0.2, -0.15) is 0 Å². The van der Waals surface area contributed by atoms with Crippen LogP contribution in [0.4, 0.5) is 0 Å². The molecule has 0 aromatic carbocycles. The summed E-state index contributed by atoms with van der Waals surface area (Å²) in [6, 6.07) is 0. The molecule has 0 fully saturated rings. The second-order valence-electron chi connectivity index (χ2n) is 7.08. The Hall–Kier alpha value is -2.84. The molecule has 0 amide bonds. The number of hydrogen-bond acceptors (Lipinski definition) is 8. The Kier molecular flexibility index (Phi) is 6.48. The van der Waals surface area contributed by atoms with Gasteiger partial charge in [0, 0.05) is 11.1 Å². The van der Waals surface area contributed by atoms with Crippen molar-refractivity contribution in [1.29, 1.82) is 0 Å². The van der Waals surface area contributed by atoms with Crippen LogP contribution < -0.4 is 9.47 Å². The summed E-state index contributed by atoms with van der Waals surface area (Å²) in [7, 11) is 2.81. The number of carbonyl (C=O) groups is 2. The lowest BCUT2D eigenvalue weighted by Crippen LogP contribution is -2.29. The normalized spacial score (nSPS) is 12.6. The Balaban J connectivity index is 2.41. The first kappa shape index (κ1) is 21.9. The first-order valence-electron chi connectivity index (χ1n) is 9.99. The molecule has 8 heteroatoms. The predicted octanol–water partition coefficient (Wildman–Crippen LogP) is 2.16. The van der Waals surface area contributed by atoms with Crippen LogP contribution in [-0.4, -0.2) is 46.0 Å². The highest BCUT2D eigenvalue weighted by atomic mass is 16.5. The van der Waals surface area contributed by atoms with E-state index < -0.39 is 5.78 Å². The number of hydrogen-bond donors (Lipinski definition) is 2. The van der Waals surface area contributed by atoms with Gasteiger partial charge >= 0.3 is 0 Å². The minimum Gasteiger partial charge on any atom is -0.481 e. The highest BCUT2D eigenvalue weighted by molar-refractivity contribution is 6.28. The van der Waals surface area contributed by atoms with Crippen LogP contribution in [0, 0.1) is 0 Å². The maximum atomic E-state index is 13.7. The number of ether oxygens (including phenoxy) is 2. The zero-order chi connectivity index (χ0) is 22.0. The number of ketones is 2. The number of pyridine rings is 2. The number of carbonyl (C=O) groups excluding carboxylic acids is 2. The Bertz CT molecular complexity index is 938. The first-order chi connectivity index (χ1) is 14.5. The van der Waals surface area contributed by atoms with Gasteiger partial charge in [0.15, 0.2) is 5.78 Å². The van der Waals surface area contributed by atoms with Gasteiger partial charge in [-0.3, -0.25) is 9.59 Å². The number of nitrogens with zero attached hydrogens (tertiary/aromatic N) is 2. The Morgan fingerprint density at radius 1 is 0.700 bits per heavy atom. The first-order valence-corrected chi connectivity index (χ1v) is 9.99. The maximum absolute atomic E-state index is 13.7. The van der Waals surface area contributed by atoms with E-state index >= 15 is 0 Å². The van der Waals surface area contributed by atoms with E-state index in [9.17, 15) is 19.8 Å². The van der Waals surface area contributed by atoms with E-state index in [0.29, 0.717) is 47.9 Å². The van der Waals surface area contributed by atoms with Crippen LogP contribution in [0.15, 0.2) is 0 Å². The lowest BCUT2D eigenvalue weighted by Gasteiger charge is -2.25. The SMILES string of the molecule is CCCc1c(CO)c(OC)nc2c1C(=O)c1c(nc(OC)c(CO)c1CCC)C2=O. The summed E-state index contributed by atoms with van der Waals surface area (Å²) in [5.74, 6) is -0.629. The zero-order valence-electron chi connectivity index (χ0n) is 17.7. The molecule has 0 bridgehead atoms. The van der Waals surface area contributed by atoms with Crippen molar-refractivity contribution in [2.75, 3.05) is 14.2 Å². The van der Waals surface area contributed by atoms with Crippen molar-refractivity contribution >= 4 is 11.6 Å². The van der Waals surface area contributed by atoms with Crippen molar-refractivity contribution in [3.63, 3.8) is 0 Å². The second kappa shape index (κ2) is 8.89. The summed E-state index contributed by atoms with van der Waals surface area (Å²) < 4.78 is 10.6. The molecular weight excluding hydrogens is 388 g/mol. The summed E-state index contributed by atoms with van der Waals surface area (Å²) in [6.07, 6.45) is 2.35. The van der Waals surface area contributed by atoms with Crippen LogP contribution in [0.3, 0.4) is 0 Å². The average Bonchev–Trinajstić information content (AvgIpc) is 2.76. The molecule has 0 spiro atoms. The molecule has 30 heavy (non-hydrogen) atoms. The minimum atomic E-state index is -0.500. The molecule has 8 nitrogen and oxygen atoms in total. The number of aromatic nitrogens is 2. The van der Waals surface area contributed by atoms with Gasteiger partial charge in [-0.25, -0.2) is 9.97 Å². The quantitative estimate of drug-likeness (QED) is 0.576. The van der Waals surface area contributed by atoms with Crippen LogP contribution in [0.5, 0.6) is 11.8 Å². The molecule has 3 rings (SSSR count). The summed E-state index contributed by atoms with van der Waals surface area (Å²) in [4.78, 5) is 35.6. The van der Waals surface area contributed by atoms with Gasteiger partial charge in [0.2, 0.25) is 17.5 Å². The van der Waals surface area contributed by atoms with Crippen molar-refractivity contribution in [3.05, 3.63) is 44.8 Å². The summed E-state index contributed by atoms with van der Waals surface area (Å²) in [5.41, 5.74) is 2.26. The fourth-order valence-corrected chi connectivity index (χ4v) is 4.07. The highest BCUT2D eigenvalue weighted by Gasteiger charge is 2.39. The van der Waals surface area contributed by atoms with E-state index in [0.717, 1.165) is 0 Å².